The molecule has 0 amide bonds. The molecule has 0 atom stereocenters. The van der Waals surface area contributed by atoms with Gasteiger partial charge < -0.3 is 9.73 Å². The summed E-state index contributed by atoms with van der Waals surface area (Å²) in [5.74, 6) is -2.06. The summed E-state index contributed by atoms with van der Waals surface area (Å²) in [7, 11) is -3.85. The molecule has 1 aromatic heterocycles. The van der Waals surface area contributed by atoms with Gasteiger partial charge in [0.1, 0.15) is 5.76 Å². The van der Waals surface area contributed by atoms with E-state index in [0.29, 0.717) is 28.1 Å². The third-order valence-electron chi connectivity index (χ3n) is 2.46. The first-order chi connectivity index (χ1) is 9.84. The number of furan rings is 1. The molecule has 0 radical (unpaired) electrons. The zero-order valence-electron chi connectivity index (χ0n) is 10.6. The Labute approximate surface area is 124 Å². The lowest BCUT2D eigenvalue weighted by Crippen LogP contribution is -2.10. The van der Waals surface area contributed by atoms with Crippen LogP contribution >= 0.6 is 11.8 Å². The van der Waals surface area contributed by atoms with Crippen LogP contribution in [0.25, 0.3) is 0 Å². The third-order valence-corrected chi connectivity index (χ3v) is 3.97. The first-order valence-electron chi connectivity index (χ1n) is 5.75. The number of nitrogens with two attached hydrogens (primary N) is 1. The van der Waals surface area contributed by atoms with Crippen LogP contribution in [-0.2, 0) is 16.6 Å². The molecule has 0 aliphatic carbocycles. The Morgan fingerprint density at radius 3 is 2.38 bits per heavy atom. The minimum Gasteiger partial charge on any atom is -0.446 e. The minimum absolute atomic E-state index is 0.247. The number of primary sulfonamides is 1. The molecule has 0 unspecified atom stereocenters. The van der Waals surface area contributed by atoms with Gasteiger partial charge in [0.15, 0.2) is 0 Å². The maximum atomic E-state index is 12.2. The monoisotopic (exact) mass is 334 g/mol. The summed E-state index contributed by atoms with van der Waals surface area (Å²) < 4.78 is 51.5. The number of benzene rings is 1. The van der Waals surface area contributed by atoms with Gasteiger partial charge in [-0.1, -0.05) is 11.8 Å². The van der Waals surface area contributed by atoms with Crippen molar-refractivity contribution in [2.75, 3.05) is 5.32 Å². The van der Waals surface area contributed by atoms with E-state index < -0.39 is 15.8 Å². The molecule has 1 heterocycles. The Kier molecular flexibility index (Phi) is 4.86. The zero-order chi connectivity index (χ0) is 15.5. The molecule has 5 nitrogen and oxygen atoms in total. The van der Waals surface area contributed by atoms with Crippen LogP contribution in [0.5, 0.6) is 0 Å². The lowest BCUT2D eigenvalue weighted by molar-refractivity contribution is 0.252. The second-order valence-corrected chi connectivity index (χ2v) is 6.58. The molecule has 21 heavy (non-hydrogen) atoms. The van der Waals surface area contributed by atoms with Crippen LogP contribution in [-0.4, -0.2) is 14.2 Å². The van der Waals surface area contributed by atoms with Gasteiger partial charge in [-0.3, -0.25) is 0 Å². The van der Waals surface area contributed by atoms with Crippen molar-refractivity contribution in [1.29, 1.82) is 0 Å². The Morgan fingerprint density at radius 1 is 1.19 bits per heavy atom. The van der Waals surface area contributed by atoms with Gasteiger partial charge in [0, 0.05) is 10.6 Å². The summed E-state index contributed by atoms with van der Waals surface area (Å²) in [6, 6.07) is 9.19. The SMILES string of the molecule is NS(=O)(=O)c1ccc(CNc2ccc(SC(F)F)cc2)o1. The molecule has 0 saturated carbocycles. The van der Waals surface area contributed by atoms with Crippen LogP contribution in [0.15, 0.2) is 50.8 Å². The number of halogens is 2. The second-order valence-electron chi connectivity index (χ2n) is 4.02. The highest BCUT2D eigenvalue weighted by Crippen LogP contribution is 2.26. The fourth-order valence-corrected chi connectivity index (χ4v) is 2.53. The summed E-state index contributed by atoms with van der Waals surface area (Å²) in [4.78, 5) is 0.463. The summed E-state index contributed by atoms with van der Waals surface area (Å²) in [6.45, 7) is 0.247. The predicted octanol–water partition coefficient (Wildman–Crippen LogP) is 2.85. The van der Waals surface area contributed by atoms with Crippen molar-refractivity contribution in [3.8, 4) is 0 Å². The van der Waals surface area contributed by atoms with Gasteiger partial charge >= 0.3 is 0 Å². The van der Waals surface area contributed by atoms with E-state index >= 15 is 0 Å². The van der Waals surface area contributed by atoms with Crippen molar-refractivity contribution >= 4 is 27.5 Å². The van der Waals surface area contributed by atoms with Crippen molar-refractivity contribution in [2.45, 2.75) is 22.3 Å². The molecule has 0 bridgehead atoms. The molecule has 3 N–H and O–H groups in total. The van der Waals surface area contributed by atoms with Crippen LogP contribution in [0.2, 0.25) is 0 Å². The number of alkyl halides is 2. The van der Waals surface area contributed by atoms with E-state index in [-0.39, 0.29) is 11.6 Å². The van der Waals surface area contributed by atoms with E-state index in [0.717, 1.165) is 0 Å². The summed E-state index contributed by atoms with van der Waals surface area (Å²) >= 11 is 0.467. The number of thioether (sulfide) groups is 1. The number of hydrogen-bond donors (Lipinski definition) is 2. The van der Waals surface area contributed by atoms with Gasteiger partial charge in [0.2, 0.25) is 5.09 Å². The van der Waals surface area contributed by atoms with Crippen molar-refractivity contribution in [3.05, 3.63) is 42.2 Å². The van der Waals surface area contributed by atoms with Crippen molar-refractivity contribution in [1.82, 2.24) is 0 Å². The molecular weight excluding hydrogens is 322 g/mol. The van der Waals surface area contributed by atoms with Gasteiger partial charge in [-0.15, -0.1) is 0 Å². The maximum absolute atomic E-state index is 12.2. The van der Waals surface area contributed by atoms with Crippen LogP contribution in [0.3, 0.4) is 0 Å². The number of nitrogens with one attached hydrogen (secondary N) is 1. The van der Waals surface area contributed by atoms with Gasteiger partial charge in [-0.05, 0) is 36.4 Å². The predicted molar refractivity (Wildman–Crippen MR) is 75.7 cm³/mol. The fraction of sp³-hybridized carbons (Fsp3) is 0.167. The molecule has 2 aromatic rings. The fourth-order valence-electron chi connectivity index (χ4n) is 1.55. The largest absolute Gasteiger partial charge is 0.446 e. The number of rotatable bonds is 6. The summed E-state index contributed by atoms with van der Waals surface area (Å²) in [5.41, 5.74) is 0.696. The second kappa shape index (κ2) is 6.46. The summed E-state index contributed by atoms with van der Waals surface area (Å²) in [5, 5.41) is 7.61. The average Bonchev–Trinajstić information content (AvgIpc) is 2.86. The maximum Gasteiger partial charge on any atom is 0.288 e. The van der Waals surface area contributed by atoms with Crippen molar-refractivity contribution < 1.29 is 21.6 Å². The van der Waals surface area contributed by atoms with Crippen LogP contribution < -0.4 is 10.5 Å². The Hall–Kier alpha value is -1.58. The van der Waals surface area contributed by atoms with Crippen molar-refractivity contribution in [2.24, 2.45) is 5.14 Å². The molecule has 0 fully saturated rings. The molecular formula is C12H12F2N2O3S2. The van der Waals surface area contributed by atoms with Gasteiger partial charge in [-0.25, -0.2) is 13.6 Å². The molecule has 1 aromatic carbocycles. The van der Waals surface area contributed by atoms with Crippen LogP contribution in [0.1, 0.15) is 5.76 Å². The number of anilines is 1. The van der Waals surface area contributed by atoms with Gasteiger partial charge in [0.25, 0.3) is 15.8 Å². The third kappa shape index (κ3) is 4.73. The Balaban J connectivity index is 1.95. The smallest absolute Gasteiger partial charge is 0.288 e. The average molecular weight is 334 g/mol. The van der Waals surface area contributed by atoms with E-state index in [1.807, 2.05) is 0 Å². The first-order valence-corrected chi connectivity index (χ1v) is 8.17. The van der Waals surface area contributed by atoms with Crippen LogP contribution in [0, 0.1) is 0 Å². The lowest BCUT2D eigenvalue weighted by atomic mass is 10.3. The molecule has 0 saturated heterocycles. The molecule has 0 aliphatic heterocycles. The number of sulfonamides is 1. The molecule has 2 rings (SSSR count). The highest BCUT2D eigenvalue weighted by Gasteiger charge is 2.13. The van der Waals surface area contributed by atoms with E-state index in [9.17, 15) is 17.2 Å². The van der Waals surface area contributed by atoms with Gasteiger partial charge in [0.05, 0.1) is 6.54 Å². The molecule has 0 aliphatic rings. The highest BCUT2D eigenvalue weighted by atomic mass is 32.2. The molecule has 9 heteroatoms. The minimum atomic E-state index is -3.85. The van der Waals surface area contributed by atoms with Crippen molar-refractivity contribution in [3.63, 3.8) is 0 Å². The summed E-state index contributed by atoms with van der Waals surface area (Å²) in [6.07, 6.45) is 0. The Morgan fingerprint density at radius 2 is 1.86 bits per heavy atom. The molecule has 0 spiro atoms. The standard InChI is InChI=1S/C12H12F2N2O3S2/c13-12(14)20-10-4-1-8(2-5-10)16-7-9-3-6-11(19-9)21(15,17)18/h1-6,12,16H,7H2,(H2,15,17,18). The Bertz CT molecular complexity index is 700. The van der Waals surface area contributed by atoms with Crippen LogP contribution in [0.4, 0.5) is 14.5 Å². The van der Waals surface area contributed by atoms with E-state index in [4.69, 9.17) is 9.56 Å². The highest BCUT2D eigenvalue weighted by molar-refractivity contribution is 7.99. The van der Waals surface area contributed by atoms with E-state index in [1.165, 1.54) is 12.1 Å². The zero-order valence-corrected chi connectivity index (χ0v) is 12.3. The van der Waals surface area contributed by atoms with Gasteiger partial charge in [-0.2, -0.15) is 8.78 Å². The normalized spacial score (nSPS) is 11.8. The quantitative estimate of drug-likeness (QED) is 0.794. The van der Waals surface area contributed by atoms with E-state index in [2.05, 4.69) is 5.32 Å². The van der Waals surface area contributed by atoms with E-state index in [1.54, 1.807) is 24.3 Å². The first kappa shape index (κ1) is 15.8. The molecule has 114 valence electrons. The lowest BCUT2D eigenvalue weighted by Gasteiger charge is -2.05. The number of hydrogen-bond acceptors (Lipinski definition) is 5. The topological polar surface area (TPSA) is 85.3 Å².